The van der Waals surface area contributed by atoms with Crippen LogP contribution in [0.5, 0.6) is 5.75 Å². The summed E-state index contributed by atoms with van der Waals surface area (Å²) in [7, 11) is 0. The van der Waals surface area contributed by atoms with Crippen molar-refractivity contribution in [2.24, 2.45) is 0 Å². The van der Waals surface area contributed by atoms with Crippen molar-refractivity contribution in [2.45, 2.75) is 26.7 Å². The molecule has 0 fully saturated rings. The molecule has 1 heterocycles. The molecule has 0 aliphatic heterocycles. The molecule has 6 heteroatoms. The monoisotopic (exact) mass is 327 g/mol. The summed E-state index contributed by atoms with van der Waals surface area (Å²) in [4.78, 5) is 27.3. The summed E-state index contributed by atoms with van der Waals surface area (Å²) in [5, 5.41) is 0. The van der Waals surface area contributed by atoms with Crippen LogP contribution in [0.3, 0.4) is 0 Å². The average Bonchev–Trinajstić information content (AvgIpc) is 2.58. The van der Waals surface area contributed by atoms with Crippen LogP contribution in [0.15, 0.2) is 42.7 Å². The highest BCUT2D eigenvalue weighted by molar-refractivity contribution is 5.95. The van der Waals surface area contributed by atoms with E-state index in [1.165, 1.54) is 18.0 Å². The second kappa shape index (κ2) is 8.10. The highest BCUT2D eigenvalue weighted by Gasteiger charge is 2.09. The van der Waals surface area contributed by atoms with Gasteiger partial charge in [-0.25, -0.2) is 0 Å². The Morgan fingerprint density at radius 3 is 2.46 bits per heavy atom. The van der Waals surface area contributed by atoms with Gasteiger partial charge >= 0.3 is 0 Å². The van der Waals surface area contributed by atoms with E-state index in [-0.39, 0.29) is 6.61 Å². The lowest BCUT2D eigenvalue weighted by Crippen LogP contribution is -2.43. The van der Waals surface area contributed by atoms with E-state index in [0.29, 0.717) is 17.2 Å². The van der Waals surface area contributed by atoms with E-state index in [9.17, 15) is 9.59 Å². The number of hydrogen-bond acceptors (Lipinski definition) is 4. The smallest absolute Gasteiger partial charge is 0.276 e. The Kier molecular flexibility index (Phi) is 5.89. The highest BCUT2D eigenvalue weighted by atomic mass is 16.5. The SMILES string of the molecule is Cc1cc(OCC(=O)NNC(=O)c2ccncc2)ccc1C(C)C. The predicted octanol–water partition coefficient (Wildman–Crippen LogP) is 2.35. The summed E-state index contributed by atoms with van der Waals surface area (Å²) in [6, 6.07) is 8.84. The van der Waals surface area contributed by atoms with Gasteiger partial charge < -0.3 is 4.74 Å². The van der Waals surface area contributed by atoms with Crippen LogP contribution in [-0.4, -0.2) is 23.4 Å². The van der Waals surface area contributed by atoms with E-state index in [4.69, 9.17) is 4.74 Å². The molecule has 1 aromatic carbocycles. The molecule has 2 rings (SSSR count). The van der Waals surface area contributed by atoms with E-state index in [2.05, 4.69) is 29.7 Å². The number of ether oxygens (including phenoxy) is 1. The van der Waals surface area contributed by atoms with Gasteiger partial charge in [0.15, 0.2) is 6.61 Å². The van der Waals surface area contributed by atoms with E-state index in [0.717, 1.165) is 5.56 Å². The molecule has 6 nitrogen and oxygen atoms in total. The minimum atomic E-state index is -0.442. The molecule has 126 valence electrons. The minimum Gasteiger partial charge on any atom is -0.484 e. The Morgan fingerprint density at radius 1 is 1.12 bits per heavy atom. The number of aryl methyl sites for hydroxylation is 1. The maximum atomic E-state index is 11.8. The van der Waals surface area contributed by atoms with E-state index >= 15 is 0 Å². The topological polar surface area (TPSA) is 80.3 Å². The van der Waals surface area contributed by atoms with Crippen molar-refractivity contribution < 1.29 is 14.3 Å². The summed E-state index contributed by atoms with van der Waals surface area (Å²) in [5.74, 6) is 0.198. The minimum absolute atomic E-state index is 0.183. The third-order valence-corrected chi connectivity index (χ3v) is 3.49. The van der Waals surface area contributed by atoms with Gasteiger partial charge in [-0.1, -0.05) is 19.9 Å². The van der Waals surface area contributed by atoms with Crippen molar-refractivity contribution in [3.05, 3.63) is 59.4 Å². The zero-order chi connectivity index (χ0) is 17.5. The van der Waals surface area contributed by atoms with Crippen molar-refractivity contribution in [3.8, 4) is 5.75 Å². The maximum Gasteiger partial charge on any atom is 0.276 e. The molecule has 0 saturated carbocycles. The number of hydrogen-bond donors (Lipinski definition) is 2. The summed E-state index contributed by atoms with van der Waals surface area (Å²) >= 11 is 0. The van der Waals surface area contributed by atoms with Crippen LogP contribution in [-0.2, 0) is 4.79 Å². The Labute approximate surface area is 141 Å². The van der Waals surface area contributed by atoms with Crippen LogP contribution in [0, 0.1) is 6.92 Å². The Hall–Kier alpha value is -2.89. The molecule has 2 amide bonds. The van der Waals surface area contributed by atoms with Crippen molar-refractivity contribution >= 4 is 11.8 Å². The van der Waals surface area contributed by atoms with Gasteiger partial charge in [-0.2, -0.15) is 0 Å². The molecule has 0 spiro atoms. The van der Waals surface area contributed by atoms with Crippen molar-refractivity contribution in [2.75, 3.05) is 6.61 Å². The third-order valence-electron chi connectivity index (χ3n) is 3.49. The Balaban J connectivity index is 1.81. The first-order chi connectivity index (χ1) is 11.5. The number of hydrazine groups is 1. The van der Waals surface area contributed by atoms with Gasteiger partial charge in [0, 0.05) is 18.0 Å². The number of nitrogens with zero attached hydrogens (tertiary/aromatic N) is 1. The highest BCUT2D eigenvalue weighted by Crippen LogP contribution is 2.23. The van der Waals surface area contributed by atoms with Crippen LogP contribution in [0.2, 0.25) is 0 Å². The molecule has 0 atom stereocenters. The normalized spacial score (nSPS) is 10.3. The molecule has 2 aromatic rings. The first-order valence-electron chi connectivity index (χ1n) is 7.70. The zero-order valence-corrected chi connectivity index (χ0v) is 14.0. The molecule has 0 aliphatic carbocycles. The number of amides is 2. The molecule has 0 unspecified atom stereocenters. The van der Waals surface area contributed by atoms with Gasteiger partial charge in [-0.05, 0) is 48.2 Å². The molecule has 24 heavy (non-hydrogen) atoms. The number of nitrogens with one attached hydrogen (secondary N) is 2. The fourth-order valence-corrected chi connectivity index (χ4v) is 2.27. The summed E-state index contributed by atoms with van der Waals surface area (Å²) in [6.07, 6.45) is 3.01. The second-order valence-electron chi connectivity index (χ2n) is 5.70. The third kappa shape index (κ3) is 4.81. The van der Waals surface area contributed by atoms with E-state index < -0.39 is 11.8 Å². The number of carbonyl (C=O) groups is 2. The zero-order valence-electron chi connectivity index (χ0n) is 14.0. The molecular weight excluding hydrogens is 306 g/mol. The number of carbonyl (C=O) groups excluding carboxylic acids is 2. The average molecular weight is 327 g/mol. The first kappa shape index (κ1) is 17.5. The molecule has 0 aliphatic rings. The molecule has 1 aromatic heterocycles. The number of benzene rings is 1. The Morgan fingerprint density at radius 2 is 1.83 bits per heavy atom. The lowest BCUT2D eigenvalue weighted by Gasteiger charge is -2.12. The van der Waals surface area contributed by atoms with Gasteiger partial charge in [0.1, 0.15) is 5.75 Å². The Bertz CT molecular complexity index is 715. The number of rotatable bonds is 5. The van der Waals surface area contributed by atoms with Gasteiger partial charge in [0.05, 0.1) is 0 Å². The van der Waals surface area contributed by atoms with Crippen LogP contribution >= 0.6 is 0 Å². The lowest BCUT2D eigenvalue weighted by molar-refractivity contribution is -0.123. The molecule has 0 radical (unpaired) electrons. The van der Waals surface area contributed by atoms with Crippen molar-refractivity contribution in [1.82, 2.24) is 15.8 Å². The molecule has 0 bridgehead atoms. The number of aromatic nitrogens is 1. The van der Waals surface area contributed by atoms with Gasteiger partial charge in [0.2, 0.25) is 0 Å². The fraction of sp³-hybridized carbons (Fsp3) is 0.278. The summed E-state index contributed by atoms with van der Waals surface area (Å²) in [5.41, 5.74) is 7.41. The lowest BCUT2D eigenvalue weighted by atomic mass is 9.98. The first-order valence-corrected chi connectivity index (χ1v) is 7.70. The quantitative estimate of drug-likeness (QED) is 0.826. The van der Waals surface area contributed by atoms with Crippen molar-refractivity contribution in [1.29, 1.82) is 0 Å². The molecular formula is C18H21N3O3. The predicted molar refractivity (Wildman–Crippen MR) is 90.6 cm³/mol. The summed E-state index contributed by atoms with van der Waals surface area (Å²) in [6.45, 7) is 6.08. The van der Waals surface area contributed by atoms with Gasteiger partial charge in [-0.15, -0.1) is 0 Å². The van der Waals surface area contributed by atoms with Gasteiger partial charge in [0.25, 0.3) is 11.8 Å². The van der Waals surface area contributed by atoms with Crippen LogP contribution in [0.1, 0.15) is 41.3 Å². The van der Waals surface area contributed by atoms with Crippen LogP contribution in [0.25, 0.3) is 0 Å². The van der Waals surface area contributed by atoms with Crippen LogP contribution in [0.4, 0.5) is 0 Å². The van der Waals surface area contributed by atoms with Crippen molar-refractivity contribution in [3.63, 3.8) is 0 Å². The van der Waals surface area contributed by atoms with Crippen LogP contribution < -0.4 is 15.6 Å². The largest absolute Gasteiger partial charge is 0.484 e. The van der Waals surface area contributed by atoms with E-state index in [1.54, 1.807) is 12.1 Å². The number of pyridine rings is 1. The summed E-state index contributed by atoms with van der Waals surface area (Å²) < 4.78 is 5.45. The molecule has 2 N–H and O–H groups in total. The standard InChI is InChI=1S/C18H21N3O3/c1-12(2)16-5-4-15(10-13(16)3)24-11-17(22)20-21-18(23)14-6-8-19-9-7-14/h4-10,12H,11H2,1-3H3,(H,20,22)(H,21,23). The van der Waals surface area contributed by atoms with Gasteiger partial charge in [-0.3, -0.25) is 25.4 Å². The molecule has 0 saturated heterocycles. The maximum absolute atomic E-state index is 11.8. The van der Waals surface area contributed by atoms with E-state index in [1.807, 2.05) is 25.1 Å². The fourth-order valence-electron chi connectivity index (χ4n) is 2.27. The second-order valence-corrected chi connectivity index (χ2v) is 5.70.